The molecule has 0 aliphatic carbocycles. The molecule has 0 aromatic heterocycles. The molecular weight excluding hydrogens is 216 g/mol. The zero-order valence-corrected chi connectivity index (χ0v) is 10.7. The predicted octanol–water partition coefficient (Wildman–Crippen LogP) is 1.64. The maximum atomic E-state index is 5.38. The van der Waals surface area contributed by atoms with E-state index in [9.17, 15) is 0 Å². The van der Waals surface area contributed by atoms with Crippen molar-refractivity contribution in [1.29, 1.82) is 0 Å². The monoisotopic (exact) mass is 236 g/mol. The lowest BCUT2D eigenvalue weighted by atomic mass is 10.0. The van der Waals surface area contributed by atoms with Crippen molar-refractivity contribution < 1.29 is 9.47 Å². The average Bonchev–Trinajstić information content (AvgIpc) is 2.28. The van der Waals surface area contributed by atoms with Gasteiger partial charge in [-0.2, -0.15) is 0 Å². The maximum Gasteiger partial charge on any atom is 0.142 e. The third kappa shape index (κ3) is 2.64. The molecule has 4 nitrogen and oxygen atoms in total. The van der Waals surface area contributed by atoms with Gasteiger partial charge in [-0.1, -0.05) is 0 Å². The number of aryl methyl sites for hydroxylation is 1. The summed E-state index contributed by atoms with van der Waals surface area (Å²) >= 11 is 0. The summed E-state index contributed by atoms with van der Waals surface area (Å²) < 4.78 is 10.7. The number of benzene rings is 1. The van der Waals surface area contributed by atoms with Crippen LogP contribution in [0.4, 0.5) is 5.69 Å². The molecule has 17 heavy (non-hydrogen) atoms. The second-order valence-electron chi connectivity index (χ2n) is 4.43. The molecule has 2 rings (SSSR count). The fraction of sp³-hybridized carbons (Fsp3) is 0.538. The summed E-state index contributed by atoms with van der Waals surface area (Å²) in [7, 11) is 3.38. The van der Waals surface area contributed by atoms with Crippen LogP contribution in [0.5, 0.6) is 11.5 Å². The number of hydrogen-bond acceptors (Lipinski definition) is 4. The molecule has 1 aromatic carbocycles. The minimum Gasteiger partial charge on any atom is -0.496 e. The molecule has 0 spiro atoms. The molecule has 1 heterocycles. The molecule has 0 atom stereocenters. The SMILES string of the molecule is COc1cc(NCC2CNC2)c(OC)cc1C. The molecule has 0 saturated carbocycles. The highest BCUT2D eigenvalue weighted by molar-refractivity contribution is 5.62. The highest BCUT2D eigenvalue weighted by atomic mass is 16.5. The molecule has 1 saturated heterocycles. The van der Waals surface area contributed by atoms with Gasteiger partial charge in [0.15, 0.2) is 0 Å². The van der Waals surface area contributed by atoms with Gasteiger partial charge in [0.25, 0.3) is 0 Å². The summed E-state index contributed by atoms with van der Waals surface area (Å²) in [6.07, 6.45) is 0. The summed E-state index contributed by atoms with van der Waals surface area (Å²) in [6.45, 7) is 5.17. The van der Waals surface area contributed by atoms with Gasteiger partial charge in [-0.15, -0.1) is 0 Å². The smallest absolute Gasteiger partial charge is 0.142 e. The predicted molar refractivity (Wildman–Crippen MR) is 69.1 cm³/mol. The van der Waals surface area contributed by atoms with Crippen LogP contribution >= 0.6 is 0 Å². The minimum absolute atomic E-state index is 0.715. The number of ether oxygens (including phenoxy) is 2. The summed E-state index contributed by atoms with van der Waals surface area (Å²) in [5, 5.41) is 6.68. The molecule has 4 heteroatoms. The van der Waals surface area contributed by atoms with Crippen LogP contribution in [0.2, 0.25) is 0 Å². The summed E-state index contributed by atoms with van der Waals surface area (Å²) in [5.41, 5.74) is 2.09. The molecule has 94 valence electrons. The second kappa shape index (κ2) is 5.27. The number of anilines is 1. The van der Waals surface area contributed by atoms with E-state index < -0.39 is 0 Å². The molecule has 0 radical (unpaired) electrons. The van der Waals surface area contributed by atoms with Gasteiger partial charge in [0.05, 0.1) is 19.9 Å². The lowest BCUT2D eigenvalue weighted by molar-refractivity contribution is 0.364. The zero-order chi connectivity index (χ0) is 12.3. The highest BCUT2D eigenvalue weighted by Crippen LogP contribution is 2.32. The Kier molecular flexibility index (Phi) is 3.74. The van der Waals surface area contributed by atoms with Crippen LogP contribution in [-0.4, -0.2) is 33.9 Å². The molecule has 0 bridgehead atoms. The third-order valence-electron chi connectivity index (χ3n) is 3.16. The second-order valence-corrected chi connectivity index (χ2v) is 4.43. The standard InChI is InChI=1S/C13H20N2O2/c1-9-4-13(17-3)11(5-12(9)16-2)15-8-10-6-14-7-10/h4-5,10,14-15H,6-8H2,1-3H3. The van der Waals surface area contributed by atoms with Crippen molar-refractivity contribution in [2.75, 3.05) is 39.2 Å². The van der Waals surface area contributed by atoms with E-state index in [1.165, 1.54) is 0 Å². The fourth-order valence-electron chi connectivity index (χ4n) is 1.94. The molecular formula is C13H20N2O2. The van der Waals surface area contributed by atoms with E-state index >= 15 is 0 Å². The van der Waals surface area contributed by atoms with Crippen molar-refractivity contribution >= 4 is 5.69 Å². The third-order valence-corrected chi connectivity index (χ3v) is 3.16. The van der Waals surface area contributed by atoms with Crippen LogP contribution in [0, 0.1) is 12.8 Å². The van der Waals surface area contributed by atoms with Crippen molar-refractivity contribution in [3.8, 4) is 11.5 Å². The van der Waals surface area contributed by atoms with Gasteiger partial charge >= 0.3 is 0 Å². The van der Waals surface area contributed by atoms with Crippen molar-refractivity contribution in [3.63, 3.8) is 0 Å². The lowest BCUT2D eigenvalue weighted by Crippen LogP contribution is -2.45. The van der Waals surface area contributed by atoms with Crippen LogP contribution in [0.25, 0.3) is 0 Å². The summed E-state index contributed by atoms with van der Waals surface area (Å²) in [5.74, 6) is 2.47. The maximum absolute atomic E-state index is 5.38. The van der Waals surface area contributed by atoms with Crippen LogP contribution in [0.15, 0.2) is 12.1 Å². The number of rotatable bonds is 5. The molecule has 1 aliphatic rings. The van der Waals surface area contributed by atoms with Gasteiger partial charge in [-0.3, -0.25) is 0 Å². The molecule has 1 aromatic rings. The molecule has 0 unspecified atom stereocenters. The largest absolute Gasteiger partial charge is 0.496 e. The van der Waals surface area contributed by atoms with Crippen molar-refractivity contribution in [1.82, 2.24) is 5.32 Å². The normalized spacial score (nSPS) is 15.2. The fourth-order valence-corrected chi connectivity index (χ4v) is 1.94. The lowest BCUT2D eigenvalue weighted by Gasteiger charge is -2.28. The van der Waals surface area contributed by atoms with Gasteiger partial charge in [0, 0.05) is 31.6 Å². The van der Waals surface area contributed by atoms with Gasteiger partial charge in [0.1, 0.15) is 11.5 Å². The zero-order valence-electron chi connectivity index (χ0n) is 10.7. The van der Waals surface area contributed by atoms with Crippen LogP contribution in [0.1, 0.15) is 5.56 Å². The van der Waals surface area contributed by atoms with E-state index in [1.807, 2.05) is 19.1 Å². The van der Waals surface area contributed by atoms with Gasteiger partial charge in [0.2, 0.25) is 0 Å². The Hall–Kier alpha value is -1.42. The van der Waals surface area contributed by atoms with E-state index in [4.69, 9.17) is 9.47 Å². The average molecular weight is 236 g/mol. The van der Waals surface area contributed by atoms with Crippen LogP contribution in [0.3, 0.4) is 0 Å². The first-order valence-electron chi connectivity index (χ1n) is 5.91. The molecule has 0 amide bonds. The van der Waals surface area contributed by atoms with Gasteiger partial charge in [-0.05, 0) is 18.6 Å². The van der Waals surface area contributed by atoms with Crippen LogP contribution in [-0.2, 0) is 0 Å². The Labute approximate surface area is 102 Å². The summed E-state index contributed by atoms with van der Waals surface area (Å²) in [6, 6.07) is 4.00. The molecule has 1 aliphatic heterocycles. The van der Waals surface area contributed by atoms with E-state index in [1.54, 1.807) is 14.2 Å². The Morgan fingerprint density at radius 1 is 1.24 bits per heavy atom. The molecule has 1 fully saturated rings. The first kappa shape index (κ1) is 12.0. The molecule has 2 N–H and O–H groups in total. The van der Waals surface area contributed by atoms with E-state index in [-0.39, 0.29) is 0 Å². The topological polar surface area (TPSA) is 42.5 Å². The van der Waals surface area contributed by atoms with Crippen LogP contribution < -0.4 is 20.1 Å². The van der Waals surface area contributed by atoms with Crippen molar-refractivity contribution in [2.45, 2.75) is 6.92 Å². The summed E-state index contributed by atoms with van der Waals surface area (Å²) in [4.78, 5) is 0. The van der Waals surface area contributed by atoms with E-state index in [0.717, 1.165) is 42.4 Å². The van der Waals surface area contributed by atoms with Crippen molar-refractivity contribution in [3.05, 3.63) is 17.7 Å². The number of nitrogens with one attached hydrogen (secondary N) is 2. The first-order chi connectivity index (χ1) is 8.24. The Morgan fingerprint density at radius 3 is 2.47 bits per heavy atom. The van der Waals surface area contributed by atoms with Gasteiger partial charge in [-0.25, -0.2) is 0 Å². The van der Waals surface area contributed by atoms with Gasteiger partial charge < -0.3 is 20.1 Å². The quantitative estimate of drug-likeness (QED) is 0.815. The Bertz CT molecular complexity index is 389. The number of hydrogen-bond donors (Lipinski definition) is 2. The van der Waals surface area contributed by atoms with E-state index in [2.05, 4.69) is 10.6 Å². The highest BCUT2D eigenvalue weighted by Gasteiger charge is 2.17. The Morgan fingerprint density at radius 2 is 1.94 bits per heavy atom. The Balaban J connectivity index is 2.11. The number of methoxy groups -OCH3 is 2. The first-order valence-corrected chi connectivity index (χ1v) is 5.91. The minimum atomic E-state index is 0.715. The van der Waals surface area contributed by atoms with Crippen molar-refractivity contribution in [2.24, 2.45) is 5.92 Å². The van der Waals surface area contributed by atoms with E-state index in [0.29, 0.717) is 5.92 Å².